The Hall–Kier alpha value is -11.3. The average molecular weight is 1220 g/mol. The van der Waals surface area contributed by atoms with E-state index in [1.807, 2.05) is 67.1 Å². The van der Waals surface area contributed by atoms with Crippen molar-refractivity contribution < 1.29 is 31.1 Å². The van der Waals surface area contributed by atoms with Crippen LogP contribution in [0.15, 0.2) is 256 Å². The van der Waals surface area contributed by atoms with Gasteiger partial charge in [-0.15, -0.1) is 0 Å². The van der Waals surface area contributed by atoms with Crippen molar-refractivity contribution >= 4 is 120 Å². The number of hydrogen-bond acceptors (Lipinski definition) is 4. The number of rotatable bonds is 5. The summed E-state index contributed by atoms with van der Waals surface area (Å²) in [6.45, 7) is 10.7. The molecule has 0 radical (unpaired) electrons. The molecule has 7 aromatic heterocycles. The number of furan rings is 3. The van der Waals surface area contributed by atoms with Crippen LogP contribution in [0.1, 0.15) is 57.4 Å². The van der Waals surface area contributed by atoms with Crippen molar-refractivity contribution in [2.24, 2.45) is 21.1 Å². The summed E-state index contributed by atoms with van der Waals surface area (Å²) >= 11 is 0. The van der Waals surface area contributed by atoms with Gasteiger partial charge in [0.05, 0.1) is 27.5 Å². The molecule has 7 nitrogen and oxygen atoms in total. The molecule has 454 valence electrons. The lowest BCUT2D eigenvalue weighted by atomic mass is 9.94. The topological polar surface area (TPSA) is 64.0 Å². The molecule has 0 spiro atoms. The predicted molar refractivity (Wildman–Crippen MR) is 390 cm³/mol. The second kappa shape index (κ2) is 22.8. The van der Waals surface area contributed by atoms with Gasteiger partial charge in [-0.05, 0) is 139 Å². The lowest BCUT2D eigenvalue weighted by molar-refractivity contribution is -0.660. The van der Waals surface area contributed by atoms with E-state index in [2.05, 4.69) is 246 Å². The highest BCUT2D eigenvalue weighted by Crippen LogP contribution is 2.43. The Morgan fingerprint density at radius 3 is 1.39 bits per heavy atom. The first-order chi connectivity index (χ1) is 47.0. The molecule has 0 aliphatic carbocycles. The predicted octanol–water partition coefficient (Wildman–Crippen LogP) is 21.7. The molecule has 18 rings (SSSR count). The molecule has 18 aromatic rings. The van der Waals surface area contributed by atoms with E-state index in [4.69, 9.17) is 22.3 Å². The molecule has 0 aliphatic rings. The first kappa shape index (κ1) is 54.5. The van der Waals surface area contributed by atoms with Gasteiger partial charge in [-0.2, -0.15) is 0 Å². The highest BCUT2D eigenvalue weighted by Gasteiger charge is 2.26. The Kier molecular flexibility index (Phi) is 13.2. The van der Waals surface area contributed by atoms with Crippen molar-refractivity contribution in [3.63, 3.8) is 0 Å². The van der Waals surface area contributed by atoms with Crippen LogP contribution in [-0.2, 0) is 21.1 Å². The van der Waals surface area contributed by atoms with Crippen molar-refractivity contribution in [1.82, 2.24) is 4.98 Å². The first-order valence-corrected chi connectivity index (χ1v) is 32.3. The normalized spacial score (nSPS) is 12.4. The fourth-order valence-corrected chi connectivity index (χ4v) is 14.5. The Labute approximate surface area is 549 Å². The average Bonchev–Trinajstić information content (AvgIpc) is 1.69. The lowest BCUT2D eigenvalue weighted by Gasteiger charge is -2.11. The van der Waals surface area contributed by atoms with Crippen LogP contribution < -0.4 is 13.7 Å². The minimum absolute atomic E-state index is 0.327. The van der Waals surface area contributed by atoms with Crippen LogP contribution >= 0.6 is 0 Å². The molecule has 0 fully saturated rings. The van der Waals surface area contributed by atoms with Crippen molar-refractivity contribution in [1.29, 1.82) is 0 Å². The van der Waals surface area contributed by atoms with E-state index in [0.29, 0.717) is 17.0 Å². The Balaban J connectivity index is 0.000000115. The maximum Gasteiger partial charge on any atom is 0.220 e. The van der Waals surface area contributed by atoms with Gasteiger partial charge >= 0.3 is 0 Å². The maximum atomic E-state index is 8.13. The molecule has 94 heavy (non-hydrogen) atoms. The van der Waals surface area contributed by atoms with Crippen LogP contribution in [-0.4, -0.2) is 4.98 Å². The van der Waals surface area contributed by atoms with Crippen LogP contribution in [0.4, 0.5) is 0 Å². The summed E-state index contributed by atoms with van der Waals surface area (Å²) < 4.78 is 50.2. The number of pyridine rings is 4. The molecule has 0 N–H and O–H groups in total. The monoisotopic (exact) mass is 1220 g/mol. The first-order valence-electron chi connectivity index (χ1n) is 33.8. The molecule has 0 atom stereocenters. The van der Waals surface area contributed by atoms with Gasteiger partial charge in [-0.3, -0.25) is 0 Å². The Morgan fingerprint density at radius 2 is 0.798 bits per heavy atom. The number of fused-ring (bicyclic) bond motifs is 17. The third-order valence-electron chi connectivity index (χ3n) is 19.5. The third-order valence-corrected chi connectivity index (χ3v) is 19.5. The fourth-order valence-electron chi connectivity index (χ4n) is 14.5. The quantitative estimate of drug-likeness (QED) is 0.161. The van der Waals surface area contributed by atoms with Crippen LogP contribution in [0, 0.1) is 34.5 Å². The molecule has 0 saturated carbocycles. The van der Waals surface area contributed by atoms with Gasteiger partial charge in [0, 0.05) is 98.7 Å². The molecule has 0 saturated heterocycles. The van der Waals surface area contributed by atoms with Gasteiger partial charge in [-0.25, -0.2) is 18.7 Å². The van der Waals surface area contributed by atoms with Gasteiger partial charge < -0.3 is 13.3 Å². The second-order valence-electron chi connectivity index (χ2n) is 25.5. The molecular weight excluding hydrogens is 1150 g/mol. The molecule has 7 heteroatoms. The number of aromatic nitrogens is 4. The maximum absolute atomic E-state index is 8.13. The van der Waals surface area contributed by atoms with Crippen LogP contribution in [0.5, 0.6) is 0 Å². The van der Waals surface area contributed by atoms with Gasteiger partial charge in [0.1, 0.15) is 54.6 Å². The molecular formula is C87H71N4O3+3. The fraction of sp³-hybridized carbons (Fsp3) is 0.126. The third kappa shape index (κ3) is 9.47. The summed E-state index contributed by atoms with van der Waals surface area (Å²) in [7, 11) is 6.12. The summed E-state index contributed by atoms with van der Waals surface area (Å²) in [5.41, 5.74) is 20.7. The summed E-state index contributed by atoms with van der Waals surface area (Å²) in [5, 5.41) is 17.6. The van der Waals surface area contributed by atoms with Gasteiger partial charge in [0.25, 0.3) is 0 Å². The molecule has 0 bridgehead atoms. The minimum atomic E-state index is -2.23. The van der Waals surface area contributed by atoms with Crippen molar-refractivity contribution in [3.8, 4) is 44.9 Å². The van der Waals surface area contributed by atoms with E-state index >= 15 is 0 Å². The SMILES string of the molecule is Cc1c(-c2c3ccc(C(C)C)cc3cc[n+]2C)ccc2c1oc1c3ccccc3ccc21.Cc1c(-c2c3ccccc3cc[n+]2C)ccc2c1oc1c3ccccc3ccc21.[2H]C([2H])([2H])c1c[n+](C)c(-c2ccc3c(oc4c5ccccc5c(C)nc34)c2C)cc1-c1ccccc1. The summed E-state index contributed by atoms with van der Waals surface area (Å²) in [6, 6.07) is 78.3. The van der Waals surface area contributed by atoms with Gasteiger partial charge in [-0.1, -0.05) is 159 Å². The molecule has 0 unspecified atom stereocenters. The zero-order valence-electron chi connectivity index (χ0n) is 57.2. The van der Waals surface area contributed by atoms with Gasteiger partial charge in [0.15, 0.2) is 24.2 Å². The van der Waals surface area contributed by atoms with Crippen LogP contribution in [0.2, 0.25) is 0 Å². The zero-order chi connectivity index (χ0) is 66.7. The van der Waals surface area contributed by atoms with Crippen molar-refractivity contribution in [3.05, 3.63) is 277 Å². The van der Waals surface area contributed by atoms with Crippen LogP contribution in [0.3, 0.4) is 0 Å². The molecule has 0 amide bonds. The number of nitrogens with zero attached hydrogens (tertiary/aromatic N) is 4. The Morgan fingerprint density at radius 1 is 0.362 bits per heavy atom. The van der Waals surface area contributed by atoms with Gasteiger partial charge in [0.2, 0.25) is 17.1 Å². The highest BCUT2D eigenvalue weighted by molar-refractivity contribution is 6.18. The largest absolute Gasteiger partial charge is 0.455 e. The Bertz CT molecular complexity index is 6260. The molecule has 0 aliphatic heterocycles. The zero-order valence-corrected chi connectivity index (χ0v) is 54.2. The number of aryl methyl sites for hydroxylation is 8. The van der Waals surface area contributed by atoms with E-state index in [0.717, 1.165) is 88.6 Å². The number of benzene rings is 11. The molecule has 7 heterocycles. The highest BCUT2D eigenvalue weighted by atomic mass is 16.3. The van der Waals surface area contributed by atoms with Crippen molar-refractivity contribution in [2.45, 2.75) is 54.3 Å². The molecule has 11 aromatic carbocycles. The standard InChI is InChI=1S/C30H25N2O.C30H26NO.C27H20NO/c1-18-17-32(4)27(16-26(18)21-10-6-5-7-11-21)22-14-15-25-28-30(33-29(25)19(22)2)24-13-9-8-12-23(24)20(3)31-28;1-18(2)21-10-11-24-22(17-21)15-16-31(4)28(24)23-13-14-26-27-12-9-20-7-5-6-8-25(20)30(27)32-29(26)19(23)3;1-17-20(25-21-9-5-3-8-19(21)15-16-28(25)2)13-14-23-24-12-11-18-7-4-6-10-22(18)27(24)29-26(17)23/h5-17H,1-4H3;5-18H,1-4H3;3-16H,1-2H3/q3*+1/i1D3;;. The van der Waals surface area contributed by atoms with E-state index in [1.165, 1.54) is 98.5 Å². The summed E-state index contributed by atoms with van der Waals surface area (Å²) in [6.07, 6.45) is 6.02. The smallest absolute Gasteiger partial charge is 0.220 e. The second-order valence-corrected chi connectivity index (χ2v) is 25.5. The summed E-state index contributed by atoms with van der Waals surface area (Å²) in [5.74, 6) is 0.514. The van der Waals surface area contributed by atoms with E-state index < -0.39 is 6.85 Å². The van der Waals surface area contributed by atoms with Crippen molar-refractivity contribution in [2.75, 3.05) is 0 Å². The minimum Gasteiger partial charge on any atom is -0.455 e. The number of hydrogen-bond donors (Lipinski definition) is 0. The lowest BCUT2D eigenvalue weighted by Crippen LogP contribution is -2.31. The van der Waals surface area contributed by atoms with E-state index in [1.54, 1.807) is 6.20 Å². The van der Waals surface area contributed by atoms with Crippen LogP contribution in [0.25, 0.3) is 165 Å². The van der Waals surface area contributed by atoms with E-state index in [-0.39, 0.29) is 0 Å². The summed E-state index contributed by atoms with van der Waals surface area (Å²) in [4.78, 5) is 4.88. The van der Waals surface area contributed by atoms with E-state index in [9.17, 15) is 0 Å².